The highest BCUT2D eigenvalue weighted by Crippen LogP contribution is 2.27. The Morgan fingerprint density at radius 1 is 1.39 bits per heavy atom. The number of rotatable bonds is 4. The molecule has 7 heteroatoms. The number of halogens is 2. The van der Waals surface area contributed by atoms with Gasteiger partial charge in [-0.1, -0.05) is 23.2 Å². The summed E-state index contributed by atoms with van der Waals surface area (Å²) in [7, 11) is 0. The second-order valence-electron chi connectivity index (χ2n) is 3.34. The minimum atomic E-state index is -0.537. The third kappa shape index (κ3) is 3.78. The maximum atomic E-state index is 11.8. The summed E-state index contributed by atoms with van der Waals surface area (Å²) in [6.07, 6.45) is 0. The van der Waals surface area contributed by atoms with Gasteiger partial charge in [-0.05, 0) is 19.1 Å². The number of hydrogen-bond donors (Lipinski definition) is 2. The minimum absolute atomic E-state index is 0.113. The summed E-state index contributed by atoms with van der Waals surface area (Å²) in [5.74, 6) is -1.07. The van der Waals surface area contributed by atoms with Gasteiger partial charge in [-0.2, -0.15) is 0 Å². The van der Waals surface area contributed by atoms with Crippen molar-refractivity contribution in [1.29, 1.82) is 0 Å². The van der Waals surface area contributed by atoms with Crippen LogP contribution in [-0.2, 0) is 9.53 Å². The number of carbonyl (C=O) groups is 2. The number of ether oxygens (including phenoxy) is 1. The molecule has 3 N–H and O–H groups in total. The predicted octanol–water partition coefficient (Wildman–Crippen LogP) is 1.87. The number of nitrogens with two attached hydrogens (primary N) is 1. The molecule has 0 saturated heterocycles. The molecule has 5 nitrogen and oxygen atoms in total. The average molecular weight is 291 g/mol. The molecule has 0 aromatic heterocycles. The van der Waals surface area contributed by atoms with Crippen LogP contribution in [0.3, 0.4) is 0 Å². The molecule has 0 radical (unpaired) electrons. The fourth-order valence-corrected chi connectivity index (χ4v) is 1.73. The highest BCUT2D eigenvalue weighted by molar-refractivity contribution is 6.37. The van der Waals surface area contributed by atoms with E-state index in [0.717, 1.165) is 0 Å². The van der Waals surface area contributed by atoms with E-state index in [2.05, 4.69) is 10.1 Å². The van der Waals surface area contributed by atoms with Gasteiger partial charge in [-0.3, -0.25) is 9.59 Å². The Balaban J connectivity index is 2.76. The lowest BCUT2D eigenvalue weighted by atomic mass is 10.1. The fourth-order valence-electron chi connectivity index (χ4n) is 1.23. The van der Waals surface area contributed by atoms with Crippen LogP contribution >= 0.6 is 23.2 Å². The number of esters is 1. The minimum Gasteiger partial charge on any atom is -0.465 e. The van der Waals surface area contributed by atoms with Crippen molar-refractivity contribution in [2.75, 3.05) is 18.9 Å². The van der Waals surface area contributed by atoms with E-state index < -0.39 is 11.9 Å². The lowest BCUT2D eigenvalue weighted by Crippen LogP contribution is -2.31. The van der Waals surface area contributed by atoms with Crippen LogP contribution < -0.4 is 11.1 Å². The Morgan fingerprint density at radius 3 is 2.67 bits per heavy atom. The number of nitrogen functional groups attached to an aromatic ring is 1. The second kappa shape index (κ2) is 6.47. The van der Waals surface area contributed by atoms with Gasteiger partial charge in [0, 0.05) is 5.02 Å². The Bertz CT molecular complexity index is 478. The summed E-state index contributed by atoms with van der Waals surface area (Å²) >= 11 is 11.6. The SMILES string of the molecule is CCOC(=O)CNC(=O)c1cc(Cl)cc(Cl)c1N. The van der Waals surface area contributed by atoms with E-state index in [0.29, 0.717) is 0 Å². The number of anilines is 1. The molecule has 0 unspecified atom stereocenters. The molecule has 0 atom stereocenters. The van der Waals surface area contributed by atoms with Gasteiger partial charge in [0.1, 0.15) is 6.54 Å². The Morgan fingerprint density at radius 2 is 2.06 bits per heavy atom. The lowest BCUT2D eigenvalue weighted by Gasteiger charge is -2.09. The summed E-state index contributed by atoms with van der Waals surface area (Å²) < 4.78 is 4.67. The predicted molar refractivity (Wildman–Crippen MR) is 69.8 cm³/mol. The molecule has 1 aromatic rings. The maximum Gasteiger partial charge on any atom is 0.325 e. The topological polar surface area (TPSA) is 81.4 Å². The number of hydrogen-bond acceptors (Lipinski definition) is 4. The second-order valence-corrected chi connectivity index (χ2v) is 4.18. The van der Waals surface area contributed by atoms with Crippen LogP contribution in [0.25, 0.3) is 0 Å². The zero-order valence-electron chi connectivity index (χ0n) is 9.63. The van der Waals surface area contributed by atoms with Gasteiger partial charge in [0.05, 0.1) is 22.9 Å². The number of nitrogens with one attached hydrogen (secondary N) is 1. The molecule has 0 aliphatic carbocycles. The maximum absolute atomic E-state index is 11.8. The first-order chi connectivity index (χ1) is 8.45. The van der Waals surface area contributed by atoms with Crippen LogP contribution in [0.4, 0.5) is 5.69 Å². The third-order valence-electron chi connectivity index (χ3n) is 2.04. The smallest absolute Gasteiger partial charge is 0.325 e. The number of carbonyl (C=O) groups excluding carboxylic acids is 2. The molecule has 0 saturated carbocycles. The van der Waals surface area contributed by atoms with Crippen LogP contribution in [0.15, 0.2) is 12.1 Å². The third-order valence-corrected chi connectivity index (χ3v) is 2.57. The first kappa shape index (κ1) is 14.6. The largest absolute Gasteiger partial charge is 0.465 e. The summed E-state index contributed by atoms with van der Waals surface area (Å²) in [6, 6.07) is 2.81. The molecular weight excluding hydrogens is 279 g/mol. The van der Waals surface area contributed by atoms with Crippen LogP contribution in [0, 0.1) is 0 Å². The first-order valence-electron chi connectivity index (χ1n) is 5.14. The molecule has 0 aliphatic heterocycles. The highest BCUT2D eigenvalue weighted by atomic mass is 35.5. The molecule has 18 heavy (non-hydrogen) atoms. The van der Waals surface area contributed by atoms with Gasteiger partial charge >= 0.3 is 5.97 Å². The normalized spacial score (nSPS) is 9.94. The van der Waals surface area contributed by atoms with Crippen molar-refractivity contribution >= 4 is 40.8 Å². The van der Waals surface area contributed by atoms with E-state index in [1.807, 2.05) is 0 Å². The summed E-state index contributed by atoms with van der Waals surface area (Å²) in [5, 5.41) is 2.84. The van der Waals surface area contributed by atoms with Crippen molar-refractivity contribution < 1.29 is 14.3 Å². The molecule has 1 aromatic carbocycles. The molecule has 98 valence electrons. The number of amides is 1. The van der Waals surface area contributed by atoms with Crippen LogP contribution in [0.5, 0.6) is 0 Å². The van der Waals surface area contributed by atoms with Crippen molar-refractivity contribution in [2.45, 2.75) is 6.92 Å². The van der Waals surface area contributed by atoms with E-state index in [1.165, 1.54) is 12.1 Å². The van der Waals surface area contributed by atoms with Gasteiger partial charge in [0.15, 0.2) is 0 Å². The molecule has 0 fully saturated rings. The molecular formula is C11H12Cl2N2O3. The zero-order chi connectivity index (χ0) is 13.7. The van der Waals surface area contributed by atoms with Crippen LogP contribution in [0.2, 0.25) is 10.0 Å². The molecule has 1 rings (SSSR count). The quantitative estimate of drug-likeness (QED) is 0.655. The van der Waals surface area contributed by atoms with E-state index in [-0.39, 0.29) is 34.4 Å². The van der Waals surface area contributed by atoms with Crippen molar-refractivity contribution in [3.8, 4) is 0 Å². The van der Waals surface area contributed by atoms with Gasteiger partial charge < -0.3 is 15.8 Å². The van der Waals surface area contributed by atoms with Crippen LogP contribution in [-0.4, -0.2) is 25.0 Å². The first-order valence-corrected chi connectivity index (χ1v) is 5.89. The monoisotopic (exact) mass is 290 g/mol. The summed E-state index contributed by atoms with van der Waals surface area (Å²) in [4.78, 5) is 22.8. The summed E-state index contributed by atoms with van der Waals surface area (Å²) in [5.41, 5.74) is 5.89. The van der Waals surface area contributed by atoms with E-state index >= 15 is 0 Å². The zero-order valence-corrected chi connectivity index (χ0v) is 11.1. The van der Waals surface area contributed by atoms with E-state index in [9.17, 15) is 9.59 Å². The highest BCUT2D eigenvalue weighted by Gasteiger charge is 2.14. The Kier molecular flexibility index (Phi) is 5.25. The van der Waals surface area contributed by atoms with Gasteiger partial charge in [0.25, 0.3) is 5.91 Å². The van der Waals surface area contributed by atoms with Gasteiger partial charge in [-0.15, -0.1) is 0 Å². The van der Waals surface area contributed by atoms with E-state index in [1.54, 1.807) is 6.92 Å². The molecule has 0 heterocycles. The van der Waals surface area contributed by atoms with Crippen molar-refractivity contribution in [2.24, 2.45) is 0 Å². The van der Waals surface area contributed by atoms with Crippen LogP contribution in [0.1, 0.15) is 17.3 Å². The van der Waals surface area contributed by atoms with Crippen molar-refractivity contribution in [3.05, 3.63) is 27.7 Å². The Hall–Kier alpha value is -1.46. The average Bonchev–Trinajstić information content (AvgIpc) is 2.31. The van der Waals surface area contributed by atoms with Gasteiger partial charge in [-0.25, -0.2) is 0 Å². The lowest BCUT2D eigenvalue weighted by molar-refractivity contribution is -0.141. The molecule has 0 bridgehead atoms. The molecule has 1 amide bonds. The van der Waals surface area contributed by atoms with Crippen molar-refractivity contribution in [1.82, 2.24) is 5.32 Å². The summed E-state index contributed by atoms with van der Waals surface area (Å²) in [6.45, 7) is 1.69. The standard InChI is InChI=1S/C11H12Cl2N2O3/c1-2-18-9(16)5-15-11(17)7-3-6(12)4-8(13)10(7)14/h3-4H,2,5,14H2,1H3,(H,15,17). The molecule has 0 aliphatic rings. The van der Waals surface area contributed by atoms with E-state index in [4.69, 9.17) is 28.9 Å². The van der Waals surface area contributed by atoms with Crippen molar-refractivity contribution in [3.63, 3.8) is 0 Å². The van der Waals surface area contributed by atoms with Gasteiger partial charge in [0.2, 0.25) is 0 Å². The molecule has 0 spiro atoms. The number of benzene rings is 1. The Labute approximate surface area is 114 Å². The fraction of sp³-hybridized carbons (Fsp3) is 0.273.